The summed E-state index contributed by atoms with van der Waals surface area (Å²) in [6.07, 6.45) is 3.73. The van der Waals surface area contributed by atoms with Gasteiger partial charge in [0.25, 0.3) is 0 Å². The smallest absolute Gasteiger partial charge is 0.229 e. The van der Waals surface area contributed by atoms with Gasteiger partial charge >= 0.3 is 0 Å². The number of para-hydroxylation sites is 2. The van der Waals surface area contributed by atoms with Crippen LogP contribution >= 0.6 is 0 Å². The van der Waals surface area contributed by atoms with Gasteiger partial charge in [-0.1, -0.05) is 12.1 Å². The lowest BCUT2D eigenvalue weighted by Crippen LogP contribution is -2.32. The summed E-state index contributed by atoms with van der Waals surface area (Å²) in [6.45, 7) is 0.773. The quantitative estimate of drug-likeness (QED) is 0.834. The van der Waals surface area contributed by atoms with Gasteiger partial charge in [-0.25, -0.2) is 0 Å². The van der Waals surface area contributed by atoms with Crippen molar-refractivity contribution in [2.75, 3.05) is 24.3 Å². The summed E-state index contributed by atoms with van der Waals surface area (Å²) in [5.74, 6) is 0.0554. The fourth-order valence-corrected chi connectivity index (χ4v) is 2.23. The Morgan fingerprint density at radius 3 is 2.89 bits per heavy atom. The average molecular weight is 248 g/mol. The first kappa shape index (κ1) is 12.9. The number of ether oxygens (including phenoxy) is 1. The van der Waals surface area contributed by atoms with Crippen LogP contribution in [0.5, 0.6) is 0 Å². The Hall–Kier alpha value is -1.55. The zero-order valence-electron chi connectivity index (χ0n) is 10.8. The van der Waals surface area contributed by atoms with E-state index in [1.807, 2.05) is 18.2 Å². The van der Waals surface area contributed by atoms with Crippen LogP contribution in [0.3, 0.4) is 0 Å². The van der Waals surface area contributed by atoms with Crippen molar-refractivity contribution in [3.8, 4) is 0 Å². The van der Waals surface area contributed by atoms with E-state index in [0.717, 1.165) is 31.6 Å². The van der Waals surface area contributed by atoms with Crippen molar-refractivity contribution in [3.05, 3.63) is 24.3 Å². The molecule has 1 fully saturated rings. The summed E-state index contributed by atoms with van der Waals surface area (Å²) in [5.41, 5.74) is 7.25. The van der Waals surface area contributed by atoms with Crippen molar-refractivity contribution in [2.24, 2.45) is 0 Å². The second kappa shape index (κ2) is 5.87. The van der Waals surface area contributed by atoms with E-state index in [-0.39, 0.29) is 12.0 Å². The molecule has 1 heterocycles. The molecular formula is C14H20N2O2. The maximum Gasteiger partial charge on any atom is 0.229 e. The van der Waals surface area contributed by atoms with Crippen LogP contribution in [0.25, 0.3) is 0 Å². The van der Waals surface area contributed by atoms with Crippen LogP contribution in [-0.2, 0) is 9.53 Å². The molecule has 4 heteroatoms. The van der Waals surface area contributed by atoms with Crippen molar-refractivity contribution in [1.29, 1.82) is 0 Å². The van der Waals surface area contributed by atoms with Gasteiger partial charge in [0.2, 0.25) is 5.91 Å². The summed E-state index contributed by atoms with van der Waals surface area (Å²) < 4.78 is 5.59. The highest BCUT2D eigenvalue weighted by Gasteiger charge is 2.21. The standard InChI is InChI=1S/C14H20N2O2/c1-16(13-8-3-2-7-12(13)15)14(17)10-11-6-4-5-9-18-11/h2-3,7-8,11H,4-6,9-10,15H2,1H3. The van der Waals surface area contributed by atoms with E-state index in [2.05, 4.69) is 0 Å². The molecular weight excluding hydrogens is 228 g/mol. The molecule has 0 aliphatic carbocycles. The Morgan fingerprint density at radius 2 is 2.22 bits per heavy atom. The molecule has 98 valence electrons. The summed E-state index contributed by atoms with van der Waals surface area (Å²) in [5, 5.41) is 0. The number of carbonyl (C=O) groups is 1. The lowest BCUT2D eigenvalue weighted by atomic mass is 10.1. The summed E-state index contributed by atoms with van der Waals surface area (Å²) in [6, 6.07) is 7.40. The third-order valence-corrected chi connectivity index (χ3v) is 3.35. The van der Waals surface area contributed by atoms with E-state index in [4.69, 9.17) is 10.5 Å². The second-order valence-corrected chi connectivity index (χ2v) is 4.70. The third-order valence-electron chi connectivity index (χ3n) is 3.35. The second-order valence-electron chi connectivity index (χ2n) is 4.70. The molecule has 1 amide bonds. The van der Waals surface area contributed by atoms with Crippen LogP contribution in [0.2, 0.25) is 0 Å². The Labute approximate surface area is 108 Å². The molecule has 2 N–H and O–H groups in total. The molecule has 1 aliphatic rings. The normalized spacial score (nSPS) is 19.5. The predicted molar refractivity (Wildman–Crippen MR) is 72.5 cm³/mol. The molecule has 0 saturated carbocycles. The van der Waals surface area contributed by atoms with Gasteiger partial charge in [-0.15, -0.1) is 0 Å². The number of rotatable bonds is 3. The number of benzene rings is 1. The molecule has 1 aromatic carbocycles. The Morgan fingerprint density at radius 1 is 1.44 bits per heavy atom. The van der Waals surface area contributed by atoms with Gasteiger partial charge in [-0.3, -0.25) is 4.79 Å². The Kier molecular flexibility index (Phi) is 4.20. The Bertz CT molecular complexity index is 414. The van der Waals surface area contributed by atoms with Crippen LogP contribution in [0.15, 0.2) is 24.3 Å². The molecule has 4 nitrogen and oxygen atoms in total. The van der Waals surface area contributed by atoms with Crippen LogP contribution in [0.4, 0.5) is 11.4 Å². The van der Waals surface area contributed by atoms with Crippen LogP contribution in [-0.4, -0.2) is 25.7 Å². The fraction of sp³-hybridized carbons (Fsp3) is 0.500. The monoisotopic (exact) mass is 248 g/mol. The molecule has 18 heavy (non-hydrogen) atoms. The summed E-state index contributed by atoms with van der Waals surface area (Å²) in [7, 11) is 1.76. The minimum atomic E-state index is 0.0554. The van der Waals surface area contributed by atoms with E-state index < -0.39 is 0 Å². The highest BCUT2D eigenvalue weighted by molar-refractivity contribution is 5.95. The first-order valence-electron chi connectivity index (χ1n) is 6.41. The minimum Gasteiger partial charge on any atom is -0.397 e. The molecule has 0 aromatic heterocycles. The summed E-state index contributed by atoms with van der Waals surface area (Å²) in [4.78, 5) is 13.8. The third kappa shape index (κ3) is 3.01. The molecule has 1 aliphatic heterocycles. The van der Waals surface area contributed by atoms with Gasteiger partial charge in [0.15, 0.2) is 0 Å². The SMILES string of the molecule is CN(C(=O)CC1CCCCO1)c1ccccc1N. The van der Waals surface area contributed by atoms with Crippen LogP contribution in [0.1, 0.15) is 25.7 Å². The van der Waals surface area contributed by atoms with E-state index in [9.17, 15) is 4.79 Å². The molecule has 1 aromatic rings. The van der Waals surface area contributed by atoms with Crippen molar-refractivity contribution in [1.82, 2.24) is 0 Å². The van der Waals surface area contributed by atoms with Gasteiger partial charge in [0.1, 0.15) is 0 Å². The summed E-state index contributed by atoms with van der Waals surface area (Å²) >= 11 is 0. The Balaban J connectivity index is 1.98. The minimum absolute atomic E-state index is 0.0554. The van der Waals surface area contributed by atoms with Crippen molar-refractivity contribution < 1.29 is 9.53 Å². The van der Waals surface area contributed by atoms with Gasteiger partial charge in [-0.05, 0) is 31.4 Å². The lowest BCUT2D eigenvalue weighted by molar-refractivity contribution is -0.122. The lowest BCUT2D eigenvalue weighted by Gasteiger charge is -2.25. The van der Waals surface area contributed by atoms with Crippen LogP contribution in [0, 0.1) is 0 Å². The number of nitrogens with zero attached hydrogens (tertiary/aromatic N) is 1. The molecule has 1 unspecified atom stereocenters. The van der Waals surface area contributed by atoms with E-state index in [1.165, 1.54) is 0 Å². The molecule has 1 saturated heterocycles. The topological polar surface area (TPSA) is 55.6 Å². The molecule has 2 rings (SSSR count). The zero-order valence-corrected chi connectivity index (χ0v) is 10.8. The molecule has 0 bridgehead atoms. The van der Waals surface area contributed by atoms with Crippen molar-refractivity contribution in [2.45, 2.75) is 31.8 Å². The number of nitrogen functional groups attached to an aromatic ring is 1. The molecule has 0 spiro atoms. The number of carbonyl (C=O) groups excluding carboxylic acids is 1. The number of anilines is 2. The zero-order chi connectivity index (χ0) is 13.0. The van der Waals surface area contributed by atoms with Gasteiger partial charge < -0.3 is 15.4 Å². The number of hydrogen-bond donors (Lipinski definition) is 1. The van der Waals surface area contributed by atoms with E-state index in [0.29, 0.717) is 12.1 Å². The van der Waals surface area contributed by atoms with Crippen molar-refractivity contribution >= 4 is 17.3 Å². The highest BCUT2D eigenvalue weighted by Crippen LogP contribution is 2.23. The fourth-order valence-electron chi connectivity index (χ4n) is 2.23. The van der Waals surface area contributed by atoms with Gasteiger partial charge in [0, 0.05) is 13.7 Å². The first-order valence-corrected chi connectivity index (χ1v) is 6.41. The maximum atomic E-state index is 12.2. The highest BCUT2D eigenvalue weighted by atomic mass is 16.5. The van der Waals surface area contributed by atoms with E-state index in [1.54, 1.807) is 18.0 Å². The number of nitrogens with two attached hydrogens (primary N) is 1. The molecule has 1 atom stereocenters. The maximum absolute atomic E-state index is 12.2. The largest absolute Gasteiger partial charge is 0.397 e. The predicted octanol–water partition coefficient (Wildman–Crippen LogP) is 2.19. The average Bonchev–Trinajstić information content (AvgIpc) is 2.39. The number of amides is 1. The van der Waals surface area contributed by atoms with Crippen molar-refractivity contribution in [3.63, 3.8) is 0 Å². The number of hydrogen-bond acceptors (Lipinski definition) is 3. The van der Waals surface area contributed by atoms with Gasteiger partial charge in [-0.2, -0.15) is 0 Å². The van der Waals surface area contributed by atoms with Gasteiger partial charge in [0.05, 0.1) is 23.9 Å². The van der Waals surface area contributed by atoms with Crippen LogP contribution < -0.4 is 10.6 Å². The van der Waals surface area contributed by atoms with E-state index >= 15 is 0 Å². The molecule has 0 radical (unpaired) electrons. The first-order chi connectivity index (χ1) is 8.68.